The van der Waals surface area contributed by atoms with Crippen molar-refractivity contribution in [1.29, 1.82) is 0 Å². The van der Waals surface area contributed by atoms with E-state index in [9.17, 15) is 0 Å². The summed E-state index contributed by atoms with van der Waals surface area (Å²) in [5, 5.41) is 6.95. The van der Waals surface area contributed by atoms with Crippen LogP contribution in [-0.2, 0) is 0 Å². The van der Waals surface area contributed by atoms with E-state index in [0.717, 1.165) is 10.7 Å². The number of aryl methyl sites for hydroxylation is 1. The highest BCUT2D eigenvalue weighted by Crippen LogP contribution is 2.25. The Morgan fingerprint density at radius 2 is 2.14 bits per heavy atom. The number of aromatic nitrogens is 1. The Balaban J connectivity index is 1.66. The largest absolute Gasteiger partial charge is 0.382 e. The molecule has 21 heavy (non-hydrogen) atoms. The average Bonchev–Trinajstić information content (AvgIpc) is 2.95. The van der Waals surface area contributed by atoms with Crippen LogP contribution in [0.1, 0.15) is 24.8 Å². The summed E-state index contributed by atoms with van der Waals surface area (Å²) in [6.45, 7) is 7.88. The molecule has 2 aromatic rings. The molecular weight excluding hydrogens is 278 g/mol. The molecule has 1 aromatic heterocycles. The molecule has 1 N–H and O–H groups in total. The lowest BCUT2D eigenvalue weighted by Gasteiger charge is -2.32. The van der Waals surface area contributed by atoms with Crippen molar-refractivity contribution < 1.29 is 0 Å². The Hall–Kier alpha value is -1.39. The van der Waals surface area contributed by atoms with Gasteiger partial charge in [0.15, 0.2) is 0 Å². The van der Waals surface area contributed by atoms with E-state index >= 15 is 0 Å². The molecule has 0 unspecified atom stereocenters. The first-order chi connectivity index (χ1) is 10.2. The number of nitrogens with zero attached hydrogens (tertiary/aromatic N) is 2. The molecule has 0 spiro atoms. The maximum Gasteiger partial charge on any atom is 0.0901 e. The highest BCUT2D eigenvalue weighted by atomic mass is 32.1. The zero-order valence-corrected chi connectivity index (χ0v) is 13.6. The van der Waals surface area contributed by atoms with Crippen molar-refractivity contribution in [2.75, 3.05) is 25.0 Å². The van der Waals surface area contributed by atoms with Gasteiger partial charge in [0.25, 0.3) is 0 Å². The van der Waals surface area contributed by atoms with Gasteiger partial charge in [0.05, 0.1) is 10.7 Å². The predicted molar refractivity (Wildman–Crippen MR) is 91.0 cm³/mol. The fourth-order valence-corrected chi connectivity index (χ4v) is 3.52. The summed E-state index contributed by atoms with van der Waals surface area (Å²) < 4.78 is 0. The Labute approximate surface area is 131 Å². The maximum atomic E-state index is 4.57. The first-order valence-electron chi connectivity index (χ1n) is 7.76. The van der Waals surface area contributed by atoms with Crippen LogP contribution < -0.4 is 5.32 Å². The molecule has 1 saturated heterocycles. The van der Waals surface area contributed by atoms with Gasteiger partial charge in [0, 0.05) is 35.8 Å². The smallest absolute Gasteiger partial charge is 0.0901 e. The number of anilines is 1. The average molecular weight is 301 g/mol. The molecule has 2 heterocycles. The second-order valence-corrected chi connectivity index (χ2v) is 6.75. The topological polar surface area (TPSA) is 28.2 Å². The third-order valence-corrected chi connectivity index (χ3v) is 4.96. The number of hydrogen-bond acceptors (Lipinski definition) is 4. The van der Waals surface area contributed by atoms with E-state index in [0.29, 0.717) is 6.04 Å². The molecular formula is C17H23N3S. The van der Waals surface area contributed by atoms with E-state index in [1.807, 2.05) is 0 Å². The van der Waals surface area contributed by atoms with Gasteiger partial charge >= 0.3 is 0 Å². The molecule has 1 aliphatic heterocycles. The quantitative estimate of drug-likeness (QED) is 0.924. The van der Waals surface area contributed by atoms with Gasteiger partial charge in [0.2, 0.25) is 0 Å². The number of thiazole rings is 1. The molecule has 0 bridgehead atoms. The summed E-state index contributed by atoms with van der Waals surface area (Å²) in [7, 11) is 0. The molecule has 4 heteroatoms. The summed E-state index contributed by atoms with van der Waals surface area (Å²) in [5.41, 5.74) is 3.50. The highest BCUT2D eigenvalue weighted by molar-refractivity contribution is 7.09. The summed E-state index contributed by atoms with van der Waals surface area (Å²) in [4.78, 5) is 7.09. The van der Waals surface area contributed by atoms with E-state index in [4.69, 9.17) is 0 Å². The number of benzene rings is 1. The third-order valence-electron chi connectivity index (χ3n) is 4.18. The molecule has 0 aliphatic carbocycles. The van der Waals surface area contributed by atoms with Crippen LogP contribution in [0.5, 0.6) is 0 Å². The lowest BCUT2D eigenvalue weighted by atomic mass is 10.0. The molecule has 112 valence electrons. The van der Waals surface area contributed by atoms with Crippen molar-refractivity contribution in [3.63, 3.8) is 0 Å². The van der Waals surface area contributed by atoms with E-state index in [-0.39, 0.29) is 0 Å². The minimum Gasteiger partial charge on any atom is -0.382 e. The normalized spacial score (nSPS) is 17.0. The van der Waals surface area contributed by atoms with Gasteiger partial charge in [-0.2, -0.15) is 0 Å². The fourth-order valence-electron chi connectivity index (χ4n) is 2.89. The van der Waals surface area contributed by atoms with Crippen molar-refractivity contribution in [2.45, 2.75) is 32.7 Å². The van der Waals surface area contributed by atoms with Gasteiger partial charge in [-0.3, -0.25) is 0 Å². The third kappa shape index (κ3) is 3.63. The molecule has 0 atom stereocenters. The molecule has 1 fully saturated rings. The Bertz CT molecular complexity index is 585. The van der Waals surface area contributed by atoms with E-state index in [1.165, 1.54) is 43.7 Å². The molecule has 0 amide bonds. The number of rotatable bonds is 4. The molecule has 1 aromatic carbocycles. The Morgan fingerprint density at radius 3 is 2.81 bits per heavy atom. The lowest BCUT2D eigenvalue weighted by molar-refractivity contribution is 0.229. The van der Waals surface area contributed by atoms with Crippen molar-refractivity contribution in [3.05, 3.63) is 34.7 Å². The standard InChI is InChI=1S/C17H23N3S/c1-3-20-9-7-15(8-10-20)19-16-6-4-5-14(11-16)17-12-21-13(2)18-17/h4-6,11-12,15,19H,3,7-10H2,1-2H3. The fraction of sp³-hybridized carbons (Fsp3) is 0.471. The monoisotopic (exact) mass is 301 g/mol. The summed E-state index contributed by atoms with van der Waals surface area (Å²) in [6, 6.07) is 9.24. The summed E-state index contributed by atoms with van der Waals surface area (Å²) in [6.07, 6.45) is 2.46. The van der Waals surface area contributed by atoms with Crippen LogP contribution in [0, 0.1) is 6.92 Å². The van der Waals surface area contributed by atoms with E-state index < -0.39 is 0 Å². The molecule has 1 aliphatic rings. The van der Waals surface area contributed by atoms with E-state index in [2.05, 4.69) is 58.7 Å². The zero-order valence-electron chi connectivity index (χ0n) is 12.8. The van der Waals surface area contributed by atoms with Crippen LogP contribution >= 0.6 is 11.3 Å². The van der Waals surface area contributed by atoms with Crippen molar-refractivity contribution >= 4 is 17.0 Å². The van der Waals surface area contributed by atoms with Gasteiger partial charge in [-0.15, -0.1) is 11.3 Å². The Kier molecular flexibility index (Phi) is 4.56. The maximum absolute atomic E-state index is 4.57. The van der Waals surface area contributed by atoms with Gasteiger partial charge in [-0.1, -0.05) is 19.1 Å². The van der Waals surface area contributed by atoms with Crippen LogP contribution in [0.25, 0.3) is 11.3 Å². The number of hydrogen-bond donors (Lipinski definition) is 1. The minimum atomic E-state index is 0.597. The van der Waals surface area contributed by atoms with Crippen molar-refractivity contribution in [3.8, 4) is 11.3 Å². The minimum absolute atomic E-state index is 0.597. The van der Waals surface area contributed by atoms with Crippen LogP contribution in [0.2, 0.25) is 0 Å². The first-order valence-corrected chi connectivity index (χ1v) is 8.64. The van der Waals surface area contributed by atoms with Gasteiger partial charge in [-0.05, 0) is 38.4 Å². The van der Waals surface area contributed by atoms with E-state index in [1.54, 1.807) is 11.3 Å². The molecule has 3 rings (SSSR count). The molecule has 0 saturated carbocycles. The second-order valence-electron chi connectivity index (χ2n) is 5.69. The van der Waals surface area contributed by atoms with Crippen LogP contribution in [0.15, 0.2) is 29.6 Å². The lowest BCUT2D eigenvalue weighted by Crippen LogP contribution is -2.38. The summed E-state index contributed by atoms with van der Waals surface area (Å²) >= 11 is 1.71. The zero-order chi connectivity index (χ0) is 14.7. The molecule has 0 radical (unpaired) electrons. The van der Waals surface area contributed by atoms with Crippen LogP contribution in [0.4, 0.5) is 5.69 Å². The van der Waals surface area contributed by atoms with Gasteiger partial charge < -0.3 is 10.2 Å². The first kappa shape index (κ1) is 14.5. The molecule has 3 nitrogen and oxygen atoms in total. The SMILES string of the molecule is CCN1CCC(Nc2cccc(-c3csc(C)n3)c2)CC1. The Morgan fingerprint density at radius 1 is 1.33 bits per heavy atom. The van der Waals surface area contributed by atoms with Crippen LogP contribution in [0.3, 0.4) is 0 Å². The van der Waals surface area contributed by atoms with Crippen molar-refractivity contribution in [1.82, 2.24) is 9.88 Å². The second kappa shape index (κ2) is 6.58. The number of nitrogens with one attached hydrogen (secondary N) is 1. The van der Waals surface area contributed by atoms with Crippen LogP contribution in [-0.4, -0.2) is 35.6 Å². The predicted octanol–water partition coefficient (Wildman–Crippen LogP) is 4.01. The highest BCUT2D eigenvalue weighted by Gasteiger charge is 2.17. The van der Waals surface area contributed by atoms with Gasteiger partial charge in [0.1, 0.15) is 0 Å². The van der Waals surface area contributed by atoms with Crippen molar-refractivity contribution in [2.24, 2.45) is 0 Å². The number of piperidine rings is 1. The number of likely N-dealkylation sites (tertiary alicyclic amines) is 1. The van der Waals surface area contributed by atoms with Gasteiger partial charge in [-0.25, -0.2) is 4.98 Å². The summed E-state index contributed by atoms with van der Waals surface area (Å²) in [5.74, 6) is 0.